The van der Waals surface area contributed by atoms with Crippen LogP contribution in [0.3, 0.4) is 0 Å². The van der Waals surface area contributed by atoms with Crippen molar-refractivity contribution in [3.05, 3.63) is 35.1 Å². The van der Waals surface area contributed by atoms with Gasteiger partial charge in [0.05, 0.1) is 11.4 Å². The molecule has 0 atom stereocenters. The Balaban J connectivity index is 2.43. The summed E-state index contributed by atoms with van der Waals surface area (Å²) < 4.78 is 39.7. The topological polar surface area (TPSA) is 85.1 Å². The molecule has 0 saturated carbocycles. The summed E-state index contributed by atoms with van der Waals surface area (Å²) in [6, 6.07) is 3.71. The molecule has 1 aromatic carbocycles. The number of hydrogen-bond acceptors (Lipinski definition) is 5. The molecule has 0 aliphatic carbocycles. The number of nitrogens with zero attached hydrogens (tertiary/aromatic N) is 1. The van der Waals surface area contributed by atoms with E-state index in [0.29, 0.717) is 5.69 Å². The first-order chi connectivity index (χ1) is 8.40. The molecule has 0 aliphatic rings. The molecule has 8 heteroatoms. The number of halogens is 1. The van der Waals surface area contributed by atoms with Gasteiger partial charge in [0.1, 0.15) is 10.7 Å². The minimum absolute atomic E-state index is 0.143. The van der Waals surface area contributed by atoms with E-state index in [4.69, 9.17) is 5.73 Å². The lowest BCUT2D eigenvalue weighted by atomic mass is 10.3. The van der Waals surface area contributed by atoms with Crippen LogP contribution in [0, 0.1) is 12.7 Å². The van der Waals surface area contributed by atoms with Gasteiger partial charge >= 0.3 is 0 Å². The van der Waals surface area contributed by atoms with Gasteiger partial charge in [0.2, 0.25) is 0 Å². The number of sulfonamides is 1. The van der Waals surface area contributed by atoms with Crippen molar-refractivity contribution in [2.45, 2.75) is 11.8 Å². The van der Waals surface area contributed by atoms with Gasteiger partial charge in [0.15, 0.2) is 5.13 Å². The zero-order valence-corrected chi connectivity index (χ0v) is 11.0. The molecule has 0 radical (unpaired) electrons. The number of hydrogen-bond donors (Lipinski definition) is 2. The second-order valence-corrected chi connectivity index (χ2v) is 6.04. The van der Waals surface area contributed by atoms with E-state index in [2.05, 4.69) is 9.71 Å². The fourth-order valence-electron chi connectivity index (χ4n) is 1.38. The number of aryl methyl sites for hydroxylation is 1. The summed E-state index contributed by atoms with van der Waals surface area (Å²) >= 11 is 1.12. The summed E-state index contributed by atoms with van der Waals surface area (Å²) in [6.07, 6.45) is 0. The summed E-state index contributed by atoms with van der Waals surface area (Å²) in [5.74, 6) is -0.893. The first-order valence-corrected chi connectivity index (χ1v) is 7.25. The fourth-order valence-corrected chi connectivity index (χ4v) is 3.51. The van der Waals surface area contributed by atoms with Crippen LogP contribution in [0.1, 0.15) is 5.69 Å². The number of nitrogens with one attached hydrogen (secondary N) is 1. The monoisotopic (exact) mass is 287 g/mol. The van der Waals surface area contributed by atoms with Gasteiger partial charge in [-0.15, -0.1) is 11.3 Å². The van der Waals surface area contributed by atoms with Crippen molar-refractivity contribution in [1.82, 2.24) is 4.98 Å². The van der Waals surface area contributed by atoms with Gasteiger partial charge in [-0.25, -0.2) is 17.8 Å². The average Bonchev–Trinajstić information content (AvgIpc) is 2.62. The molecular formula is C10H10FN3O2S2. The molecule has 1 heterocycles. The SMILES string of the molecule is Cc1csc(NS(=O)(=O)c2c(N)cccc2F)n1. The minimum atomic E-state index is -4.06. The summed E-state index contributed by atoms with van der Waals surface area (Å²) in [4.78, 5) is 3.39. The van der Waals surface area contributed by atoms with E-state index in [1.165, 1.54) is 12.1 Å². The summed E-state index contributed by atoms with van der Waals surface area (Å²) in [6.45, 7) is 1.73. The second kappa shape index (κ2) is 4.54. The van der Waals surface area contributed by atoms with E-state index in [-0.39, 0.29) is 10.8 Å². The molecule has 1 aromatic heterocycles. The highest BCUT2D eigenvalue weighted by molar-refractivity contribution is 7.93. The molecule has 18 heavy (non-hydrogen) atoms. The first kappa shape index (κ1) is 12.8. The molecule has 2 rings (SSSR count). The molecule has 0 amide bonds. The number of aromatic nitrogens is 1. The Labute approximate surface area is 108 Å². The Morgan fingerprint density at radius 3 is 2.72 bits per heavy atom. The highest BCUT2D eigenvalue weighted by atomic mass is 32.2. The smallest absolute Gasteiger partial charge is 0.268 e. The van der Waals surface area contributed by atoms with Crippen LogP contribution in [0.25, 0.3) is 0 Å². The third-order valence-corrected chi connectivity index (χ3v) is 4.54. The summed E-state index contributed by atoms with van der Waals surface area (Å²) in [7, 11) is -4.06. The van der Waals surface area contributed by atoms with Crippen LogP contribution in [0.5, 0.6) is 0 Å². The van der Waals surface area contributed by atoms with Crippen molar-refractivity contribution < 1.29 is 12.8 Å². The maximum Gasteiger partial charge on any atom is 0.268 e. The molecule has 5 nitrogen and oxygen atoms in total. The number of benzene rings is 1. The molecule has 96 valence electrons. The lowest BCUT2D eigenvalue weighted by Crippen LogP contribution is -2.16. The molecule has 0 bridgehead atoms. The minimum Gasteiger partial charge on any atom is -0.398 e. The third-order valence-electron chi connectivity index (χ3n) is 2.11. The van der Waals surface area contributed by atoms with Crippen LogP contribution < -0.4 is 10.5 Å². The van der Waals surface area contributed by atoms with Gasteiger partial charge in [-0.3, -0.25) is 4.72 Å². The van der Waals surface area contributed by atoms with Crippen LogP contribution in [0.4, 0.5) is 15.2 Å². The molecule has 3 N–H and O–H groups in total. The standard InChI is InChI=1S/C10H10FN3O2S2/c1-6-5-17-10(13-6)14-18(15,16)9-7(11)3-2-4-8(9)12/h2-5H,12H2,1H3,(H,13,14). The zero-order valence-electron chi connectivity index (χ0n) is 9.34. The molecule has 0 spiro atoms. The van der Waals surface area contributed by atoms with Gasteiger partial charge in [-0.1, -0.05) is 6.07 Å². The number of nitrogens with two attached hydrogens (primary N) is 1. The molecular weight excluding hydrogens is 277 g/mol. The van der Waals surface area contributed by atoms with Crippen LogP contribution in [-0.2, 0) is 10.0 Å². The quantitative estimate of drug-likeness (QED) is 0.845. The highest BCUT2D eigenvalue weighted by Crippen LogP contribution is 2.25. The van der Waals surface area contributed by atoms with E-state index in [9.17, 15) is 12.8 Å². The van der Waals surface area contributed by atoms with Crippen LogP contribution in [-0.4, -0.2) is 13.4 Å². The number of anilines is 2. The van der Waals surface area contributed by atoms with Gasteiger partial charge in [0, 0.05) is 5.38 Å². The largest absolute Gasteiger partial charge is 0.398 e. The van der Waals surface area contributed by atoms with E-state index in [1.807, 2.05) is 0 Å². The van der Waals surface area contributed by atoms with E-state index >= 15 is 0 Å². The van der Waals surface area contributed by atoms with Crippen LogP contribution in [0.2, 0.25) is 0 Å². The third kappa shape index (κ3) is 2.44. The Kier molecular flexibility index (Phi) is 3.22. The number of rotatable bonds is 3. The molecule has 0 unspecified atom stereocenters. The zero-order chi connectivity index (χ0) is 13.3. The van der Waals surface area contributed by atoms with Crippen molar-refractivity contribution in [1.29, 1.82) is 0 Å². The lowest BCUT2D eigenvalue weighted by molar-refractivity contribution is 0.572. The Morgan fingerprint density at radius 1 is 1.44 bits per heavy atom. The molecule has 0 aliphatic heterocycles. The predicted molar refractivity (Wildman–Crippen MR) is 68.5 cm³/mol. The van der Waals surface area contributed by atoms with E-state index < -0.39 is 20.7 Å². The number of nitrogen functional groups attached to an aromatic ring is 1. The van der Waals surface area contributed by atoms with Crippen LogP contribution >= 0.6 is 11.3 Å². The van der Waals surface area contributed by atoms with E-state index in [0.717, 1.165) is 17.4 Å². The lowest BCUT2D eigenvalue weighted by Gasteiger charge is -2.08. The van der Waals surface area contributed by atoms with Gasteiger partial charge < -0.3 is 5.73 Å². The maximum atomic E-state index is 13.5. The average molecular weight is 287 g/mol. The highest BCUT2D eigenvalue weighted by Gasteiger charge is 2.23. The second-order valence-electron chi connectivity index (χ2n) is 3.56. The fraction of sp³-hybridized carbons (Fsp3) is 0.100. The maximum absolute atomic E-state index is 13.5. The predicted octanol–water partition coefficient (Wildman–Crippen LogP) is 1.97. The molecule has 0 saturated heterocycles. The van der Waals surface area contributed by atoms with Crippen molar-refractivity contribution in [3.63, 3.8) is 0 Å². The molecule has 0 fully saturated rings. The Morgan fingerprint density at radius 2 is 2.17 bits per heavy atom. The Hall–Kier alpha value is -1.67. The van der Waals surface area contributed by atoms with Gasteiger partial charge in [-0.2, -0.15) is 0 Å². The van der Waals surface area contributed by atoms with Crippen molar-refractivity contribution in [2.24, 2.45) is 0 Å². The molecule has 2 aromatic rings. The van der Waals surface area contributed by atoms with Crippen molar-refractivity contribution in [3.8, 4) is 0 Å². The van der Waals surface area contributed by atoms with Gasteiger partial charge in [-0.05, 0) is 19.1 Å². The van der Waals surface area contributed by atoms with Crippen LogP contribution in [0.15, 0.2) is 28.5 Å². The van der Waals surface area contributed by atoms with E-state index in [1.54, 1.807) is 12.3 Å². The van der Waals surface area contributed by atoms with Crippen molar-refractivity contribution in [2.75, 3.05) is 10.5 Å². The van der Waals surface area contributed by atoms with Crippen molar-refractivity contribution >= 4 is 32.2 Å². The first-order valence-electron chi connectivity index (χ1n) is 4.89. The summed E-state index contributed by atoms with van der Waals surface area (Å²) in [5.41, 5.74) is 6.03. The van der Waals surface area contributed by atoms with Gasteiger partial charge in [0.25, 0.3) is 10.0 Å². The summed E-state index contributed by atoms with van der Waals surface area (Å²) in [5, 5.41) is 1.86. The normalized spacial score (nSPS) is 11.4. The number of thiazole rings is 1. The Bertz CT molecular complexity index is 662.